The van der Waals surface area contributed by atoms with Gasteiger partial charge in [0.05, 0.1) is 5.92 Å². The van der Waals surface area contributed by atoms with Crippen molar-refractivity contribution in [3.05, 3.63) is 47.8 Å². The molecule has 3 heterocycles. The third-order valence-electron chi connectivity index (χ3n) is 5.26. The normalized spacial score (nSPS) is 18.1. The molecule has 2 aliphatic heterocycles. The molecule has 1 aromatic carbocycles. The van der Waals surface area contributed by atoms with Gasteiger partial charge in [-0.05, 0) is 30.4 Å². The van der Waals surface area contributed by atoms with Gasteiger partial charge in [-0.3, -0.25) is 4.79 Å². The highest BCUT2D eigenvalue weighted by molar-refractivity contribution is 5.70. The van der Waals surface area contributed by atoms with E-state index in [2.05, 4.69) is 44.0 Å². The van der Waals surface area contributed by atoms with Gasteiger partial charge in [-0.2, -0.15) is 0 Å². The molecule has 0 aliphatic carbocycles. The van der Waals surface area contributed by atoms with Gasteiger partial charge in [0.2, 0.25) is 0 Å². The van der Waals surface area contributed by atoms with Gasteiger partial charge in [0, 0.05) is 32.2 Å². The summed E-state index contributed by atoms with van der Waals surface area (Å²) in [7, 11) is 0. The number of aliphatic carboxylic acids is 1. The molecule has 0 saturated carbocycles. The summed E-state index contributed by atoms with van der Waals surface area (Å²) < 4.78 is 0. The van der Waals surface area contributed by atoms with Crippen molar-refractivity contribution in [1.82, 2.24) is 9.97 Å². The van der Waals surface area contributed by atoms with Crippen LogP contribution < -0.4 is 9.80 Å². The van der Waals surface area contributed by atoms with Gasteiger partial charge in [-0.25, -0.2) is 9.97 Å². The van der Waals surface area contributed by atoms with Crippen molar-refractivity contribution in [2.24, 2.45) is 5.92 Å². The van der Waals surface area contributed by atoms with Crippen LogP contribution in [-0.4, -0.2) is 40.7 Å². The number of benzene rings is 1. The third kappa shape index (κ3) is 3.29. The maximum atomic E-state index is 11.1. The minimum Gasteiger partial charge on any atom is -0.481 e. The van der Waals surface area contributed by atoms with Crippen LogP contribution in [0, 0.1) is 5.92 Å². The zero-order valence-electron chi connectivity index (χ0n) is 14.1. The van der Waals surface area contributed by atoms with E-state index in [1.54, 1.807) is 6.33 Å². The molecule has 25 heavy (non-hydrogen) atoms. The first-order valence-corrected chi connectivity index (χ1v) is 8.82. The van der Waals surface area contributed by atoms with Crippen molar-refractivity contribution in [3.8, 4) is 0 Å². The number of hydrogen-bond donors (Lipinski definition) is 1. The SMILES string of the molecule is O=C(O)C1CCN(c2cc(N3CCc4ccccc4C3)ncn2)CC1. The zero-order chi connectivity index (χ0) is 17.2. The molecular formula is C19H22N4O2. The molecule has 6 heteroatoms. The molecule has 0 radical (unpaired) electrons. The summed E-state index contributed by atoms with van der Waals surface area (Å²) in [6, 6.07) is 10.6. The number of carboxylic acids is 1. The number of piperidine rings is 1. The fourth-order valence-electron chi connectivity index (χ4n) is 3.73. The Hall–Kier alpha value is -2.63. The summed E-state index contributed by atoms with van der Waals surface area (Å²) in [5.74, 6) is 0.929. The Morgan fingerprint density at radius 1 is 1.00 bits per heavy atom. The number of rotatable bonds is 3. The average molecular weight is 338 g/mol. The Morgan fingerprint density at radius 3 is 2.40 bits per heavy atom. The van der Waals surface area contributed by atoms with E-state index in [-0.39, 0.29) is 5.92 Å². The molecule has 0 spiro atoms. The number of fused-ring (bicyclic) bond motifs is 1. The topological polar surface area (TPSA) is 69.6 Å². The highest BCUT2D eigenvalue weighted by Gasteiger charge is 2.26. The van der Waals surface area contributed by atoms with Gasteiger partial charge < -0.3 is 14.9 Å². The minimum atomic E-state index is -0.685. The Labute approximate surface area is 147 Å². The van der Waals surface area contributed by atoms with Crippen LogP contribution >= 0.6 is 0 Å². The quantitative estimate of drug-likeness (QED) is 0.926. The molecule has 130 valence electrons. The highest BCUT2D eigenvalue weighted by Crippen LogP contribution is 2.27. The summed E-state index contributed by atoms with van der Waals surface area (Å²) in [4.78, 5) is 24.4. The number of nitrogens with zero attached hydrogens (tertiary/aromatic N) is 4. The Morgan fingerprint density at radius 2 is 1.68 bits per heavy atom. The van der Waals surface area contributed by atoms with Crippen LogP contribution in [0.1, 0.15) is 24.0 Å². The number of aromatic nitrogens is 2. The van der Waals surface area contributed by atoms with Crippen LogP contribution in [-0.2, 0) is 17.8 Å². The van der Waals surface area contributed by atoms with Crippen LogP contribution in [0.4, 0.5) is 11.6 Å². The molecule has 0 bridgehead atoms. The van der Waals surface area contributed by atoms with Crippen molar-refractivity contribution in [2.75, 3.05) is 29.4 Å². The first-order chi connectivity index (χ1) is 12.2. The van der Waals surface area contributed by atoms with Gasteiger partial charge in [0.25, 0.3) is 0 Å². The van der Waals surface area contributed by atoms with E-state index in [9.17, 15) is 4.79 Å². The molecule has 0 unspecified atom stereocenters. The van der Waals surface area contributed by atoms with Crippen molar-refractivity contribution in [3.63, 3.8) is 0 Å². The molecule has 1 aromatic heterocycles. The minimum absolute atomic E-state index is 0.226. The summed E-state index contributed by atoms with van der Waals surface area (Å²) >= 11 is 0. The van der Waals surface area contributed by atoms with Crippen molar-refractivity contribution in [1.29, 1.82) is 0 Å². The second-order valence-electron chi connectivity index (χ2n) is 6.77. The predicted octanol–water partition coefficient (Wildman–Crippen LogP) is 2.34. The lowest BCUT2D eigenvalue weighted by molar-refractivity contribution is -0.142. The smallest absolute Gasteiger partial charge is 0.306 e. The van der Waals surface area contributed by atoms with Crippen molar-refractivity contribution >= 4 is 17.6 Å². The molecule has 6 nitrogen and oxygen atoms in total. The van der Waals surface area contributed by atoms with Crippen LogP contribution in [0.5, 0.6) is 0 Å². The molecular weight excluding hydrogens is 316 g/mol. The standard InChI is InChI=1S/C19H22N4O2/c24-19(25)15-6-8-22(9-7-15)17-11-18(21-13-20-17)23-10-5-14-3-1-2-4-16(14)12-23/h1-4,11,13,15H,5-10,12H2,(H,24,25). The molecule has 2 aromatic rings. The Bertz CT molecular complexity index is 772. The summed E-state index contributed by atoms with van der Waals surface area (Å²) in [6.07, 6.45) is 3.99. The molecule has 1 saturated heterocycles. The molecule has 4 rings (SSSR count). The summed E-state index contributed by atoms with van der Waals surface area (Å²) in [6.45, 7) is 3.29. The third-order valence-corrected chi connectivity index (χ3v) is 5.26. The monoisotopic (exact) mass is 338 g/mol. The van der Waals surface area contributed by atoms with E-state index in [1.165, 1.54) is 11.1 Å². The van der Waals surface area contributed by atoms with Gasteiger partial charge in [-0.1, -0.05) is 24.3 Å². The van der Waals surface area contributed by atoms with E-state index in [4.69, 9.17) is 5.11 Å². The zero-order valence-corrected chi connectivity index (χ0v) is 14.1. The fraction of sp³-hybridized carbons (Fsp3) is 0.421. The van der Waals surface area contributed by atoms with Gasteiger partial charge in [0.15, 0.2) is 0 Å². The fourth-order valence-corrected chi connectivity index (χ4v) is 3.73. The number of hydrogen-bond acceptors (Lipinski definition) is 5. The van der Waals surface area contributed by atoms with Gasteiger partial charge >= 0.3 is 5.97 Å². The first-order valence-electron chi connectivity index (χ1n) is 8.82. The summed E-state index contributed by atoms with van der Waals surface area (Å²) in [5, 5.41) is 9.14. The second kappa shape index (κ2) is 6.70. The largest absolute Gasteiger partial charge is 0.481 e. The number of carbonyl (C=O) groups is 1. The molecule has 1 fully saturated rings. The van der Waals surface area contributed by atoms with Gasteiger partial charge in [-0.15, -0.1) is 0 Å². The first kappa shape index (κ1) is 15.9. The lowest BCUT2D eigenvalue weighted by Crippen LogP contribution is -2.37. The number of anilines is 2. The van der Waals surface area contributed by atoms with E-state index in [0.29, 0.717) is 12.8 Å². The molecule has 0 atom stereocenters. The highest BCUT2D eigenvalue weighted by atomic mass is 16.4. The lowest BCUT2D eigenvalue weighted by Gasteiger charge is -2.33. The lowest BCUT2D eigenvalue weighted by atomic mass is 9.97. The van der Waals surface area contributed by atoms with Crippen LogP contribution in [0.15, 0.2) is 36.7 Å². The Kier molecular flexibility index (Phi) is 4.26. The Balaban J connectivity index is 1.48. The van der Waals surface area contributed by atoms with E-state index in [1.807, 2.05) is 6.07 Å². The maximum absolute atomic E-state index is 11.1. The van der Waals surface area contributed by atoms with Crippen LogP contribution in [0.3, 0.4) is 0 Å². The predicted molar refractivity (Wildman–Crippen MR) is 95.8 cm³/mol. The summed E-state index contributed by atoms with van der Waals surface area (Å²) in [5.41, 5.74) is 2.78. The maximum Gasteiger partial charge on any atom is 0.306 e. The number of carboxylic acid groups (broad SMARTS) is 1. The van der Waals surface area contributed by atoms with Crippen LogP contribution in [0.25, 0.3) is 0 Å². The van der Waals surface area contributed by atoms with E-state index >= 15 is 0 Å². The average Bonchev–Trinajstić information content (AvgIpc) is 2.68. The van der Waals surface area contributed by atoms with E-state index < -0.39 is 5.97 Å². The van der Waals surface area contributed by atoms with Crippen molar-refractivity contribution in [2.45, 2.75) is 25.8 Å². The van der Waals surface area contributed by atoms with Crippen molar-refractivity contribution < 1.29 is 9.90 Å². The van der Waals surface area contributed by atoms with Gasteiger partial charge in [0.1, 0.15) is 18.0 Å². The van der Waals surface area contributed by atoms with Crippen LogP contribution in [0.2, 0.25) is 0 Å². The molecule has 2 aliphatic rings. The second-order valence-corrected chi connectivity index (χ2v) is 6.77. The molecule has 1 N–H and O–H groups in total. The molecule has 0 amide bonds. The van der Waals surface area contributed by atoms with E-state index in [0.717, 1.165) is 44.2 Å².